The largest absolute Gasteiger partial charge is 0.399 e. The fourth-order valence-corrected chi connectivity index (χ4v) is 2.53. The molecule has 2 atom stereocenters. The fourth-order valence-electron chi connectivity index (χ4n) is 2.16. The third kappa shape index (κ3) is 5.62. The Bertz CT molecular complexity index is 554. The summed E-state index contributed by atoms with van der Waals surface area (Å²) in [6, 6.07) is 7.13. The minimum absolute atomic E-state index is 0.0951. The van der Waals surface area contributed by atoms with Crippen molar-refractivity contribution in [3.05, 3.63) is 29.8 Å². The van der Waals surface area contributed by atoms with Crippen LogP contribution < -0.4 is 5.73 Å². The molecule has 1 saturated heterocycles. The maximum Gasteiger partial charge on any atom is 0.264 e. The predicted molar refractivity (Wildman–Crippen MR) is 79.1 cm³/mol. The number of nitrogen functional groups attached to an aromatic ring is 1. The molecule has 1 aliphatic rings. The maximum absolute atomic E-state index is 11.2. The van der Waals surface area contributed by atoms with Crippen molar-refractivity contribution < 1.29 is 22.1 Å². The molecule has 0 saturated carbocycles. The molecule has 1 heterocycles. The zero-order valence-corrected chi connectivity index (χ0v) is 12.8. The topological polar surface area (TPSA) is 87.9 Å². The number of hydrogen-bond donors (Lipinski definition) is 1. The van der Waals surface area contributed by atoms with Crippen LogP contribution in [0.3, 0.4) is 0 Å². The van der Waals surface area contributed by atoms with E-state index in [1.807, 2.05) is 6.07 Å². The highest BCUT2D eigenvalue weighted by molar-refractivity contribution is 7.85. The lowest BCUT2D eigenvalue weighted by Crippen LogP contribution is -2.27. The van der Waals surface area contributed by atoms with Gasteiger partial charge < -0.3 is 15.2 Å². The van der Waals surface area contributed by atoms with Gasteiger partial charge in [0.15, 0.2) is 6.29 Å². The smallest absolute Gasteiger partial charge is 0.264 e. The van der Waals surface area contributed by atoms with E-state index >= 15 is 0 Å². The summed E-state index contributed by atoms with van der Waals surface area (Å²) in [5.74, 6) is 0. The van der Waals surface area contributed by atoms with Gasteiger partial charge >= 0.3 is 0 Å². The molecule has 0 spiro atoms. The van der Waals surface area contributed by atoms with Crippen LogP contribution in [-0.2, 0) is 23.8 Å². The van der Waals surface area contributed by atoms with Crippen LogP contribution in [-0.4, -0.2) is 34.2 Å². The number of rotatable bonds is 6. The Morgan fingerprint density at radius 2 is 2.24 bits per heavy atom. The molecule has 1 aliphatic heterocycles. The molecule has 21 heavy (non-hydrogen) atoms. The van der Waals surface area contributed by atoms with E-state index in [1.165, 1.54) is 0 Å². The van der Waals surface area contributed by atoms with E-state index in [1.54, 1.807) is 18.2 Å². The fraction of sp³-hybridized carbons (Fsp3) is 0.571. The molecule has 2 N–H and O–H groups in total. The van der Waals surface area contributed by atoms with E-state index in [2.05, 4.69) is 0 Å². The molecule has 118 valence electrons. The molecule has 6 nitrogen and oxygen atoms in total. The zero-order valence-electron chi connectivity index (χ0n) is 12.0. The number of hydrogen-bond acceptors (Lipinski definition) is 6. The van der Waals surface area contributed by atoms with E-state index < -0.39 is 16.2 Å². The first-order valence-corrected chi connectivity index (χ1v) is 8.72. The molecule has 0 radical (unpaired) electrons. The third-order valence-corrected chi connectivity index (χ3v) is 3.73. The molecule has 2 rings (SSSR count). The van der Waals surface area contributed by atoms with Gasteiger partial charge in [-0.05, 0) is 37.0 Å². The van der Waals surface area contributed by atoms with Crippen molar-refractivity contribution in [1.29, 1.82) is 0 Å². The Kier molecular flexibility index (Phi) is 5.58. The van der Waals surface area contributed by atoms with Gasteiger partial charge in [0.25, 0.3) is 10.1 Å². The van der Waals surface area contributed by atoms with Crippen LogP contribution in [0.1, 0.15) is 30.9 Å². The second kappa shape index (κ2) is 7.22. The summed E-state index contributed by atoms with van der Waals surface area (Å²) in [5, 5.41) is 0. The first-order chi connectivity index (χ1) is 9.94. The van der Waals surface area contributed by atoms with Crippen molar-refractivity contribution >= 4 is 15.8 Å². The van der Waals surface area contributed by atoms with Crippen LogP contribution in [0.15, 0.2) is 24.3 Å². The van der Waals surface area contributed by atoms with Crippen LogP contribution in [0, 0.1) is 0 Å². The minimum Gasteiger partial charge on any atom is -0.399 e. The summed E-state index contributed by atoms with van der Waals surface area (Å²) in [5.41, 5.74) is 7.12. The molecule has 7 heteroatoms. The molecule has 0 aromatic heterocycles. The highest BCUT2D eigenvalue weighted by Gasteiger charge is 2.23. The van der Waals surface area contributed by atoms with Gasteiger partial charge in [0.2, 0.25) is 0 Å². The summed E-state index contributed by atoms with van der Waals surface area (Å²) >= 11 is 0. The lowest BCUT2D eigenvalue weighted by atomic mass is 10.1. The first kappa shape index (κ1) is 16.2. The molecular formula is C14H21NO5S. The summed E-state index contributed by atoms with van der Waals surface area (Å²) in [6.45, 7) is 0.559. The molecule has 0 amide bonds. The molecule has 2 unspecified atom stereocenters. The number of ether oxygens (including phenoxy) is 2. The van der Waals surface area contributed by atoms with E-state index in [0.717, 1.165) is 31.1 Å². The van der Waals surface area contributed by atoms with E-state index in [-0.39, 0.29) is 12.9 Å². The monoisotopic (exact) mass is 315 g/mol. The Morgan fingerprint density at radius 3 is 2.86 bits per heavy atom. The molecule has 1 fully saturated rings. The van der Waals surface area contributed by atoms with Gasteiger partial charge in [-0.2, -0.15) is 8.42 Å². The Hall–Kier alpha value is -1.15. The van der Waals surface area contributed by atoms with Crippen LogP contribution in [0.4, 0.5) is 5.69 Å². The van der Waals surface area contributed by atoms with Crippen molar-refractivity contribution in [2.75, 3.05) is 25.2 Å². The maximum atomic E-state index is 11.2. The second-order valence-corrected chi connectivity index (χ2v) is 6.72. The predicted octanol–water partition coefficient (Wildman–Crippen LogP) is 1.83. The van der Waals surface area contributed by atoms with Crippen molar-refractivity contribution in [2.24, 2.45) is 0 Å². The van der Waals surface area contributed by atoms with Crippen LogP contribution >= 0.6 is 0 Å². The summed E-state index contributed by atoms with van der Waals surface area (Å²) in [4.78, 5) is 0. The zero-order chi connectivity index (χ0) is 15.3. The molecular weight excluding hydrogens is 294 g/mol. The van der Waals surface area contributed by atoms with Gasteiger partial charge in [-0.1, -0.05) is 12.1 Å². The lowest BCUT2D eigenvalue weighted by molar-refractivity contribution is -0.195. The Labute approximate surface area is 125 Å². The minimum atomic E-state index is -3.53. The van der Waals surface area contributed by atoms with Gasteiger partial charge in [-0.3, -0.25) is 4.18 Å². The van der Waals surface area contributed by atoms with Gasteiger partial charge in [0.1, 0.15) is 6.10 Å². The van der Waals surface area contributed by atoms with E-state index in [9.17, 15) is 8.42 Å². The van der Waals surface area contributed by atoms with Crippen LogP contribution in [0.5, 0.6) is 0 Å². The lowest BCUT2D eigenvalue weighted by Gasteiger charge is -2.27. The molecule has 0 bridgehead atoms. The van der Waals surface area contributed by atoms with Crippen molar-refractivity contribution in [3.8, 4) is 0 Å². The van der Waals surface area contributed by atoms with Gasteiger partial charge in [-0.25, -0.2) is 0 Å². The highest BCUT2D eigenvalue weighted by atomic mass is 32.2. The van der Waals surface area contributed by atoms with Gasteiger partial charge in [0, 0.05) is 12.3 Å². The first-order valence-electron chi connectivity index (χ1n) is 6.91. The second-order valence-electron chi connectivity index (χ2n) is 5.08. The van der Waals surface area contributed by atoms with Gasteiger partial charge in [-0.15, -0.1) is 0 Å². The van der Waals surface area contributed by atoms with E-state index in [0.29, 0.717) is 12.3 Å². The van der Waals surface area contributed by atoms with Crippen LogP contribution in [0.2, 0.25) is 0 Å². The summed E-state index contributed by atoms with van der Waals surface area (Å²) < 4.78 is 38.7. The van der Waals surface area contributed by atoms with Crippen molar-refractivity contribution in [3.63, 3.8) is 0 Å². The number of benzene rings is 1. The number of nitrogens with two attached hydrogens (primary N) is 1. The molecule has 0 aliphatic carbocycles. The molecule has 1 aromatic rings. The van der Waals surface area contributed by atoms with Crippen molar-refractivity contribution in [2.45, 2.75) is 31.7 Å². The Balaban J connectivity index is 2.09. The summed E-state index contributed by atoms with van der Waals surface area (Å²) in [6.07, 6.45) is 2.97. The quantitative estimate of drug-likeness (QED) is 0.636. The number of anilines is 1. The Morgan fingerprint density at radius 1 is 1.43 bits per heavy atom. The van der Waals surface area contributed by atoms with Crippen LogP contribution in [0.25, 0.3) is 0 Å². The normalized spacial score (nSPS) is 21.1. The summed E-state index contributed by atoms with van der Waals surface area (Å²) in [7, 11) is -3.53. The van der Waals surface area contributed by atoms with E-state index in [4.69, 9.17) is 19.4 Å². The average molecular weight is 315 g/mol. The third-order valence-electron chi connectivity index (χ3n) is 3.17. The van der Waals surface area contributed by atoms with Crippen molar-refractivity contribution in [1.82, 2.24) is 0 Å². The standard InChI is InChI=1S/C14H21NO5S/c1-21(16,17)19-10-13(11-5-4-6-12(15)9-11)20-14-7-2-3-8-18-14/h4-6,9,13-14H,2-3,7-8,10,15H2,1H3. The SMILES string of the molecule is CS(=O)(=O)OCC(OC1CCCCO1)c1cccc(N)c1. The average Bonchev–Trinajstić information content (AvgIpc) is 2.43. The molecule has 1 aromatic carbocycles. The highest BCUT2D eigenvalue weighted by Crippen LogP contribution is 2.25. The van der Waals surface area contributed by atoms with Gasteiger partial charge in [0.05, 0.1) is 12.9 Å².